The molecule has 1 aliphatic heterocycles. The number of aryl methyl sites for hydroxylation is 2. The molecule has 0 radical (unpaired) electrons. The first-order valence-corrected chi connectivity index (χ1v) is 9.33. The molecule has 1 aliphatic rings. The lowest BCUT2D eigenvalue weighted by atomic mass is 10.1. The summed E-state index contributed by atoms with van der Waals surface area (Å²) in [5.41, 5.74) is 3.35. The minimum absolute atomic E-state index is 0.0493. The van der Waals surface area contributed by atoms with Gasteiger partial charge in [-0.05, 0) is 76.0 Å². The van der Waals surface area contributed by atoms with E-state index in [1.165, 1.54) is 58.0 Å². The van der Waals surface area contributed by atoms with Gasteiger partial charge in [0.2, 0.25) is 0 Å². The van der Waals surface area contributed by atoms with Crippen molar-refractivity contribution in [2.45, 2.75) is 46.1 Å². The predicted octanol–water partition coefficient (Wildman–Crippen LogP) is 2.82. The summed E-state index contributed by atoms with van der Waals surface area (Å²) in [6, 6.07) is 4.24. The van der Waals surface area contributed by atoms with Crippen molar-refractivity contribution in [3.05, 3.63) is 28.8 Å². The van der Waals surface area contributed by atoms with Crippen molar-refractivity contribution in [3.8, 4) is 5.75 Å². The third-order valence-corrected chi connectivity index (χ3v) is 4.69. The van der Waals surface area contributed by atoms with E-state index in [0.29, 0.717) is 0 Å². The zero-order valence-electron chi connectivity index (χ0n) is 15.9. The number of hydrogen-bond acceptors (Lipinski definition) is 5. The Labute approximate surface area is 151 Å². The molecule has 2 rings (SSSR count). The number of piperidine rings is 1. The first-order chi connectivity index (χ1) is 12.1. The van der Waals surface area contributed by atoms with Gasteiger partial charge in [-0.3, -0.25) is 0 Å². The molecule has 5 nitrogen and oxygen atoms in total. The van der Waals surface area contributed by atoms with Gasteiger partial charge in [-0.1, -0.05) is 18.6 Å². The average molecular weight is 348 g/mol. The lowest BCUT2D eigenvalue weighted by Gasteiger charge is -2.26. The van der Waals surface area contributed by atoms with Crippen LogP contribution >= 0.6 is 0 Å². The van der Waals surface area contributed by atoms with Crippen LogP contribution in [0.5, 0.6) is 5.75 Å². The Hall–Kier alpha value is -1.59. The third kappa shape index (κ3) is 6.67. The molecule has 0 saturated carbocycles. The summed E-state index contributed by atoms with van der Waals surface area (Å²) in [7, 11) is 1.37. The molecular formula is C20H32N2O3. The van der Waals surface area contributed by atoms with Crippen molar-refractivity contribution < 1.29 is 14.3 Å². The number of ether oxygens (including phenoxy) is 2. The van der Waals surface area contributed by atoms with Crippen molar-refractivity contribution in [2.24, 2.45) is 0 Å². The molecule has 0 aliphatic carbocycles. The van der Waals surface area contributed by atoms with Crippen LogP contribution in [0.25, 0.3) is 0 Å². The Kier molecular flexibility index (Phi) is 8.22. The van der Waals surface area contributed by atoms with Gasteiger partial charge in [0, 0.05) is 6.54 Å². The summed E-state index contributed by atoms with van der Waals surface area (Å²) < 4.78 is 10.2. The number of likely N-dealkylation sites (tertiary alicyclic amines) is 1. The number of carbonyl (C=O) groups is 1. The maximum Gasteiger partial charge on any atom is 0.343 e. The molecule has 1 heterocycles. The Balaban J connectivity index is 1.73. The number of hydrogen-bond donors (Lipinski definition) is 1. The largest absolute Gasteiger partial charge is 0.481 e. The number of esters is 1. The van der Waals surface area contributed by atoms with E-state index in [1.807, 2.05) is 13.8 Å². The number of nitrogens with one attached hydrogen (secondary N) is 1. The van der Waals surface area contributed by atoms with E-state index in [0.717, 1.165) is 30.0 Å². The van der Waals surface area contributed by atoms with Gasteiger partial charge in [0.05, 0.1) is 7.11 Å². The van der Waals surface area contributed by atoms with Gasteiger partial charge in [-0.25, -0.2) is 4.79 Å². The van der Waals surface area contributed by atoms with Crippen molar-refractivity contribution in [1.29, 1.82) is 0 Å². The molecule has 1 N–H and O–H groups in total. The van der Waals surface area contributed by atoms with Gasteiger partial charge in [-0.2, -0.15) is 0 Å². The topological polar surface area (TPSA) is 50.8 Å². The molecule has 0 spiro atoms. The van der Waals surface area contributed by atoms with Crippen LogP contribution in [0, 0.1) is 13.8 Å². The minimum atomic E-state index is -0.363. The van der Waals surface area contributed by atoms with E-state index in [1.54, 1.807) is 0 Å². The molecule has 0 atom stereocenters. The maximum atomic E-state index is 11.2. The second-order valence-electron chi connectivity index (χ2n) is 6.86. The van der Waals surface area contributed by atoms with E-state index in [9.17, 15) is 4.79 Å². The van der Waals surface area contributed by atoms with Crippen molar-refractivity contribution in [3.63, 3.8) is 0 Å². The highest BCUT2D eigenvalue weighted by Crippen LogP contribution is 2.24. The van der Waals surface area contributed by atoms with E-state index in [-0.39, 0.29) is 12.6 Å². The quantitative estimate of drug-likeness (QED) is 0.549. The summed E-state index contributed by atoms with van der Waals surface area (Å²) in [5, 5.41) is 3.53. The number of nitrogens with zero attached hydrogens (tertiary/aromatic N) is 1. The van der Waals surface area contributed by atoms with Gasteiger partial charge < -0.3 is 19.7 Å². The van der Waals surface area contributed by atoms with Gasteiger partial charge in [-0.15, -0.1) is 0 Å². The predicted molar refractivity (Wildman–Crippen MR) is 100 cm³/mol. The molecule has 0 bridgehead atoms. The fourth-order valence-corrected chi connectivity index (χ4v) is 3.40. The molecular weight excluding hydrogens is 316 g/mol. The Morgan fingerprint density at radius 1 is 1.16 bits per heavy atom. The first kappa shape index (κ1) is 19.7. The second-order valence-corrected chi connectivity index (χ2v) is 6.86. The highest BCUT2D eigenvalue weighted by molar-refractivity contribution is 5.71. The first-order valence-electron chi connectivity index (χ1n) is 9.33. The summed E-state index contributed by atoms with van der Waals surface area (Å²) in [4.78, 5) is 13.8. The zero-order valence-corrected chi connectivity index (χ0v) is 15.9. The van der Waals surface area contributed by atoms with Crippen LogP contribution in [0.3, 0.4) is 0 Å². The fraction of sp³-hybridized carbons (Fsp3) is 0.650. The standard InChI is InChI=1S/C20H32N2O3/c1-16-12-18(13-17(2)20(16)25-15-19(23)24-3)14-21-8-7-11-22-9-5-4-6-10-22/h12-13,21H,4-11,14-15H2,1-3H3. The SMILES string of the molecule is COC(=O)COc1c(C)cc(CNCCCN2CCCCC2)cc1C. The van der Waals surface area contributed by atoms with Crippen molar-refractivity contribution in [2.75, 3.05) is 39.9 Å². The van der Waals surface area contributed by atoms with E-state index >= 15 is 0 Å². The molecule has 140 valence electrons. The molecule has 0 amide bonds. The molecule has 0 unspecified atom stereocenters. The third-order valence-electron chi connectivity index (χ3n) is 4.69. The zero-order chi connectivity index (χ0) is 18.1. The van der Waals surface area contributed by atoms with Crippen LogP contribution in [0.15, 0.2) is 12.1 Å². The number of carbonyl (C=O) groups excluding carboxylic acids is 1. The Morgan fingerprint density at radius 2 is 1.84 bits per heavy atom. The van der Waals surface area contributed by atoms with Crippen LogP contribution in [0.4, 0.5) is 0 Å². The summed E-state index contributed by atoms with van der Waals surface area (Å²) in [6.45, 7) is 9.61. The molecule has 1 saturated heterocycles. The van der Waals surface area contributed by atoms with E-state index in [4.69, 9.17) is 4.74 Å². The highest BCUT2D eigenvalue weighted by Gasteiger charge is 2.10. The van der Waals surface area contributed by atoms with Crippen molar-refractivity contribution in [1.82, 2.24) is 10.2 Å². The van der Waals surface area contributed by atoms with E-state index in [2.05, 4.69) is 27.1 Å². The van der Waals surface area contributed by atoms with Crippen molar-refractivity contribution >= 4 is 5.97 Å². The summed E-state index contributed by atoms with van der Waals surface area (Å²) in [6.07, 6.45) is 5.30. The summed E-state index contributed by atoms with van der Waals surface area (Å²) in [5.74, 6) is 0.414. The number of benzene rings is 1. The Morgan fingerprint density at radius 3 is 2.48 bits per heavy atom. The highest BCUT2D eigenvalue weighted by atomic mass is 16.6. The monoisotopic (exact) mass is 348 g/mol. The molecule has 1 aromatic rings. The fourth-order valence-electron chi connectivity index (χ4n) is 3.40. The van der Waals surface area contributed by atoms with Crippen LogP contribution < -0.4 is 10.1 Å². The molecule has 0 aromatic heterocycles. The van der Waals surface area contributed by atoms with Gasteiger partial charge in [0.1, 0.15) is 5.75 Å². The number of methoxy groups -OCH3 is 1. The van der Waals surface area contributed by atoms with Crippen LogP contribution in [-0.2, 0) is 16.1 Å². The molecule has 5 heteroatoms. The van der Waals surface area contributed by atoms with Gasteiger partial charge in [0.15, 0.2) is 6.61 Å². The maximum absolute atomic E-state index is 11.2. The Bertz CT molecular complexity index is 531. The average Bonchev–Trinajstić information content (AvgIpc) is 2.61. The van der Waals surface area contributed by atoms with Gasteiger partial charge in [0.25, 0.3) is 0 Å². The normalized spacial score (nSPS) is 15.2. The molecule has 1 aromatic carbocycles. The number of rotatable bonds is 9. The van der Waals surface area contributed by atoms with Crippen LogP contribution in [-0.4, -0.2) is 50.8 Å². The summed E-state index contributed by atoms with van der Waals surface area (Å²) >= 11 is 0. The van der Waals surface area contributed by atoms with E-state index < -0.39 is 0 Å². The smallest absolute Gasteiger partial charge is 0.343 e. The lowest BCUT2D eigenvalue weighted by Crippen LogP contribution is -2.32. The minimum Gasteiger partial charge on any atom is -0.481 e. The molecule has 1 fully saturated rings. The van der Waals surface area contributed by atoms with Gasteiger partial charge >= 0.3 is 5.97 Å². The lowest BCUT2D eigenvalue weighted by molar-refractivity contribution is -0.142. The van der Waals surface area contributed by atoms with Crippen LogP contribution in [0.1, 0.15) is 42.4 Å². The molecule has 25 heavy (non-hydrogen) atoms. The second kappa shape index (κ2) is 10.4. The van der Waals surface area contributed by atoms with Crippen LogP contribution in [0.2, 0.25) is 0 Å².